The highest BCUT2D eigenvalue weighted by Gasteiger charge is 2.32. The van der Waals surface area contributed by atoms with Gasteiger partial charge in [-0.2, -0.15) is 0 Å². The number of anilines is 2. The first-order valence-electron chi connectivity index (χ1n) is 9.05. The molecule has 2 fully saturated rings. The molecule has 5 nitrogen and oxygen atoms in total. The summed E-state index contributed by atoms with van der Waals surface area (Å²) in [6, 6.07) is 7.51. The van der Waals surface area contributed by atoms with Gasteiger partial charge in [0, 0.05) is 31.4 Å². The van der Waals surface area contributed by atoms with Crippen molar-refractivity contribution in [2.24, 2.45) is 5.92 Å². The highest BCUT2D eigenvalue weighted by molar-refractivity contribution is 5.97. The van der Waals surface area contributed by atoms with Crippen LogP contribution in [0.1, 0.15) is 45.4 Å². The smallest absolute Gasteiger partial charge is 0.247 e. The molecule has 5 heteroatoms. The van der Waals surface area contributed by atoms with Gasteiger partial charge in [-0.1, -0.05) is 12.8 Å². The predicted octanol–water partition coefficient (Wildman–Crippen LogP) is 3.24. The average molecular weight is 329 g/mol. The molecule has 2 aliphatic rings. The van der Waals surface area contributed by atoms with Crippen LogP contribution in [0, 0.1) is 5.92 Å². The monoisotopic (exact) mass is 329 g/mol. The molecule has 3 rings (SSSR count). The minimum Gasteiger partial charge on any atom is -0.385 e. The number of carbonyl (C=O) groups excluding carboxylic acids is 2. The third-order valence-corrected chi connectivity index (χ3v) is 5.18. The van der Waals surface area contributed by atoms with Crippen molar-refractivity contribution in [1.82, 2.24) is 4.90 Å². The van der Waals surface area contributed by atoms with Gasteiger partial charge in [-0.25, -0.2) is 0 Å². The van der Waals surface area contributed by atoms with E-state index in [1.54, 1.807) is 4.90 Å². The number of hydrogen-bond acceptors (Lipinski definition) is 3. The summed E-state index contributed by atoms with van der Waals surface area (Å²) in [6.45, 7) is 3.23. The zero-order chi connectivity index (χ0) is 16.9. The van der Waals surface area contributed by atoms with Crippen LogP contribution in [0.2, 0.25) is 0 Å². The Bertz CT molecular complexity index is 579. The number of carbonyl (C=O) groups is 2. The maximum Gasteiger partial charge on any atom is 0.247 e. The molecule has 0 spiro atoms. The summed E-state index contributed by atoms with van der Waals surface area (Å²) >= 11 is 0. The molecule has 1 saturated carbocycles. The summed E-state index contributed by atoms with van der Waals surface area (Å²) in [5, 5.41) is 6.41. The van der Waals surface area contributed by atoms with Crippen molar-refractivity contribution in [1.29, 1.82) is 0 Å². The van der Waals surface area contributed by atoms with Crippen molar-refractivity contribution in [2.75, 3.05) is 23.7 Å². The van der Waals surface area contributed by atoms with Crippen LogP contribution in [-0.2, 0) is 9.59 Å². The Hall–Kier alpha value is -2.04. The summed E-state index contributed by atoms with van der Waals surface area (Å²) in [4.78, 5) is 25.6. The van der Waals surface area contributed by atoms with Gasteiger partial charge in [0.2, 0.25) is 11.8 Å². The summed E-state index contributed by atoms with van der Waals surface area (Å²) in [5.74, 6) is 0.679. The first kappa shape index (κ1) is 16.8. The fourth-order valence-corrected chi connectivity index (χ4v) is 3.79. The lowest BCUT2D eigenvalue weighted by atomic mass is 10.1. The molecule has 24 heavy (non-hydrogen) atoms. The van der Waals surface area contributed by atoms with Crippen LogP contribution >= 0.6 is 0 Å². The van der Waals surface area contributed by atoms with E-state index < -0.39 is 0 Å². The first-order chi connectivity index (χ1) is 11.6. The summed E-state index contributed by atoms with van der Waals surface area (Å²) in [6.07, 6.45) is 7.00. The highest BCUT2D eigenvalue weighted by atomic mass is 16.2. The van der Waals surface area contributed by atoms with Crippen LogP contribution in [-0.4, -0.2) is 35.8 Å². The molecule has 1 unspecified atom stereocenters. The molecule has 1 aliphatic carbocycles. The molecule has 1 aromatic rings. The lowest BCUT2D eigenvalue weighted by Crippen LogP contribution is -2.42. The van der Waals surface area contributed by atoms with Crippen molar-refractivity contribution in [3.05, 3.63) is 24.3 Å². The lowest BCUT2D eigenvalue weighted by Gasteiger charge is -2.22. The van der Waals surface area contributed by atoms with Crippen molar-refractivity contribution in [3.63, 3.8) is 0 Å². The fraction of sp³-hybridized carbons (Fsp3) is 0.579. The van der Waals surface area contributed by atoms with Crippen LogP contribution < -0.4 is 10.6 Å². The largest absolute Gasteiger partial charge is 0.385 e. The minimum absolute atomic E-state index is 0.0286. The van der Waals surface area contributed by atoms with E-state index in [-0.39, 0.29) is 17.9 Å². The summed E-state index contributed by atoms with van der Waals surface area (Å²) in [7, 11) is 0. The molecule has 2 N–H and O–H groups in total. The maximum atomic E-state index is 12.4. The van der Waals surface area contributed by atoms with Crippen molar-refractivity contribution >= 4 is 23.2 Å². The molecule has 1 atom stereocenters. The normalized spacial score (nSPS) is 21.0. The van der Waals surface area contributed by atoms with Gasteiger partial charge in [0.05, 0.1) is 0 Å². The van der Waals surface area contributed by atoms with Crippen LogP contribution in [0.15, 0.2) is 24.3 Å². The molecule has 0 aromatic heterocycles. The Morgan fingerprint density at radius 2 is 1.71 bits per heavy atom. The topological polar surface area (TPSA) is 61.4 Å². The van der Waals surface area contributed by atoms with Crippen molar-refractivity contribution in [3.8, 4) is 0 Å². The summed E-state index contributed by atoms with van der Waals surface area (Å²) < 4.78 is 0. The molecule has 1 heterocycles. The van der Waals surface area contributed by atoms with Gasteiger partial charge < -0.3 is 15.5 Å². The fourth-order valence-electron chi connectivity index (χ4n) is 3.79. The Morgan fingerprint density at radius 3 is 2.38 bits per heavy atom. The average Bonchev–Trinajstić information content (AvgIpc) is 3.25. The van der Waals surface area contributed by atoms with Crippen LogP contribution in [0.5, 0.6) is 0 Å². The Kier molecular flexibility index (Phi) is 5.38. The molecule has 0 bridgehead atoms. The van der Waals surface area contributed by atoms with E-state index >= 15 is 0 Å². The van der Waals surface area contributed by atoms with Gasteiger partial charge in [-0.05, 0) is 55.9 Å². The third-order valence-electron chi connectivity index (χ3n) is 5.18. The third kappa shape index (κ3) is 4.08. The number of amides is 2. The first-order valence-corrected chi connectivity index (χ1v) is 9.05. The quantitative estimate of drug-likeness (QED) is 0.872. The zero-order valence-electron chi connectivity index (χ0n) is 14.4. The van der Waals surface area contributed by atoms with E-state index in [1.807, 2.05) is 24.3 Å². The van der Waals surface area contributed by atoms with Gasteiger partial charge in [0.15, 0.2) is 0 Å². The van der Waals surface area contributed by atoms with Crippen molar-refractivity contribution < 1.29 is 9.59 Å². The van der Waals surface area contributed by atoms with Gasteiger partial charge in [0.25, 0.3) is 0 Å². The number of nitrogens with zero attached hydrogens (tertiary/aromatic N) is 1. The number of hydrogen-bond donors (Lipinski definition) is 2. The standard InChI is InChI=1S/C19H27N3O2/c1-14(23)22-12-4-7-18(22)19(24)21-17-10-8-16(9-11-17)20-13-15-5-2-3-6-15/h8-11,15,18,20H,2-7,12-13H2,1H3,(H,21,24). The molecular weight excluding hydrogens is 302 g/mol. The Labute approximate surface area is 143 Å². The molecule has 1 aliphatic heterocycles. The predicted molar refractivity (Wildman–Crippen MR) is 95.9 cm³/mol. The van der Waals surface area contributed by atoms with Gasteiger partial charge in [-0.15, -0.1) is 0 Å². The lowest BCUT2D eigenvalue weighted by molar-refractivity contribution is -0.134. The van der Waals surface area contributed by atoms with Gasteiger partial charge in [0.1, 0.15) is 6.04 Å². The number of likely N-dealkylation sites (tertiary alicyclic amines) is 1. The number of nitrogens with one attached hydrogen (secondary N) is 2. The molecule has 1 saturated heterocycles. The van der Waals surface area contributed by atoms with E-state index in [4.69, 9.17) is 0 Å². The maximum absolute atomic E-state index is 12.4. The summed E-state index contributed by atoms with van der Waals surface area (Å²) in [5.41, 5.74) is 1.87. The van der Waals surface area contributed by atoms with Crippen LogP contribution in [0.3, 0.4) is 0 Å². The molecule has 130 valence electrons. The van der Waals surface area contributed by atoms with E-state index in [1.165, 1.54) is 32.6 Å². The van der Waals surface area contributed by atoms with Crippen LogP contribution in [0.25, 0.3) is 0 Å². The Balaban J connectivity index is 1.51. The van der Waals surface area contributed by atoms with E-state index in [2.05, 4.69) is 10.6 Å². The second-order valence-electron chi connectivity index (χ2n) is 6.97. The molecule has 0 radical (unpaired) electrons. The van der Waals surface area contributed by atoms with E-state index in [9.17, 15) is 9.59 Å². The molecule has 2 amide bonds. The molecule has 1 aromatic carbocycles. The van der Waals surface area contributed by atoms with Gasteiger partial charge in [-0.3, -0.25) is 9.59 Å². The number of rotatable bonds is 5. The number of benzene rings is 1. The SMILES string of the molecule is CC(=O)N1CCCC1C(=O)Nc1ccc(NCC2CCCC2)cc1. The zero-order valence-corrected chi connectivity index (χ0v) is 14.4. The molecular formula is C19H27N3O2. The van der Waals surface area contributed by atoms with E-state index in [0.717, 1.165) is 36.7 Å². The second-order valence-corrected chi connectivity index (χ2v) is 6.97. The highest BCUT2D eigenvalue weighted by Crippen LogP contribution is 2.25. The minimum atomic E-state index is -0.331. The second kappa shape index (κ2) is 7.69. The van der Waals surface area contributed by atoms with Crippen molar-refractivity contribution in [2.45, 2.75) is 51.5 Å². The Morgan fingerprint density at radius 1 is 1.04 bits per heavy atom. The van der Waals surface area contributed by atoms with Crippen LogP contribution in [0.4, 0.5) is 11.4 Å². The van der Waals surface area contributed by atoms with E-state index in [0.29, 0.717) is 6.54 Å². The van der Waals surface area contributed by atoms with Gasteiger partial charge >= 0.3 is 0 Å².